The van der Waals surface area contributed by atoms with Gasteiger partial charge in [-0.25, -0.2) is 0 Å². The van der Waals surface area contributed by atoms with Crippen molar-refractivity contribution < 1.29 is 9.53 Å². The van der Waals surface area contributed by atoms with Crippen LogP contribution in [0.4, 0.5) is 0 Å². The van der Waals surface area contributed by atoms with Crippen molar-refractivity contribution in [2.75, 3.05) is 6.61 Å². The first kappa shape index (κ1) is 13.4. The summed E-state index contributed by atoms with van der Waals surface area (Å²) >= 11 is 0. The lowest BCUT2D eigenvalue weighted by Gasteiger charge is -2.04. The summed E-state index contributed by atoms with van der Waals surface area (Å²) in [4.78, 5) is 12.3. The third kappa shape index (κ3) is 2.79. The second-order valence-electron chi connectivity index (χ2n) is 5.00. The molecule has 0 amide bonds. The van der Waals surface area contributed by atoms with Crippen molar-refractivity contribution in [2.24, 2.45) is 0 Å². The quantitative estimate of drug-likeness (QED) is 0.621. The second kappa shape index (κ2) is 5.80. The highest BCUT2D eigenvalue weighted by molar-refractivity contribution is 6.15. The minimum atomic E-state index is 0.128. The van der Waals surface area contributed by atoms with Gasteiger partial charge in [0.1, 0.15) is 12.4 Å². The van der Waals surface area contributed by atoms with Crippen LogP contribution in [0.1, 0.15) is 21.5 Å². The lowest BCUT2D eigenvalue weighted by Crippen LogP contribution is -1.95. The third-order valence-electron chi connectivity index (χ3n) is 3.50. The molecule has 0 N–H and O–H groups in total. The first-order chi connectivity index (χ1) is 10.3. The molecule has 0 radical (unpaired) electrons. The van der Waals surface area contributed by atoms with Gasteiger partial charge in [-0.1, -0.05) is 49.1 Å². The van der Waals surface area contributed by atoms with Gasteiger partial charge in [0.05, 0.1) is 0 Å². The van der Waals surface area contributed by atoms with E-state index in [4.69, 9.17) is 4.74 Å². The van der Waals surface area contributed by atoms with Gasteiger partial charge < -0.3 is 4.74 Å². The van der Waals surface area contributed by atoms with Crippen LogP contribution in [0.25, 0.3) is 6.08 Å². The van der Waals surface area contributed by atoms with Gasteiger partial charge in [0, 0.05) is 17.6 Å². The molecule has 0 bridgehead atoms. The highest BCUT2D eigenvalue weighted by Gasteiger charge is 2.23. The summed E-state index contributed by atoms with van der Waals surface area (Å²) in [6.45, 7) is 4.11. The lowest BCUT2D eigenvalue weighted by molar-refractivity contribution is 0.104. The Balaban J connectivity index is 1.87. The molecule has 2 nitrogen and oxygen atoms in total. The molecule has 21 heavy (non-hydrogen) atoms. The number of benzene rings is 2. The van der Waals surface area contributed by atoms with Crippen LogP contribution >= 0.6 is 0 Å². The summed E-state index contributed by atoms with van der Waals surface area (Å²) in [5.74, 6) is 0.912. The van der Waals surface area contributed by atoms with Crippen LogP contribution < -0.4 is 4.74 Å². The maximum atomic E-state index is 12.3. The van der Waals surface area contributed by atoms with E-state index >= 15 is 0 Å². The molecule has 0 saturated carbocycles. The summed E-state index contributed by atoms with van der Waals surface area (Å²) in [5, 5.41) is 0. The number of hydrogen-bond acceptors (Lipinski definition) is 2. The summed E-state index contributed by atoms with van der Waals surface area (Å²) < 4.78 is 5.52. The molecule has 0 saturated heterocycles. The van der Waals surface area contributed by atoms with E-state index in [2.05, 4.69) is 6.58 Å². The zero-order chi connectivity index (χ0) is 14.7. The first-order valence-electron chi connectivity index (χ1n) is 6.95. The van der Waals surface area contributed by atoms with Crippen LogP contribution in [0.5, 0.6) is 5.75 Å². The van der Waals surface area contributed by atoms with E-state index in [1.165, 1.54) is 0 Å². The van der Waals surface area contributed by atoms with E-state index in [1.807, 2.05) is 54.6 Å². The van der Waals surface area contributed by atoms with Crippen LogP contribution in [0.15, 0.2) is 66.8 Å². The molecule has 2 aromatic carbocycles. The maximum absolute atomic E-state index is 12.3. The first-order valence-corrected chi connectivity index (χ1v) is 6.95. The normalized spacial score (nSPS) is 15.0. The zero-order valence-corrected chi connectivity index (χ0v) is 11.7. The number of fused-ring (bicyclic) bond motifs is 1. The van der Waals surface area contributed by atoms with Gasteiger partial charge in [0.15, 0.2) is 5.78 Å². The molecule has 2 heteroatoms. The fraction of sp³-hybridized carbons (Fsp3) is 0.105. The van der Waals surface area contributed by atoms with Crippen LogP contribution in [-0.4, -0.2) is 12.4 Å². The number of carbonyl (C=O) groups excluding carboxylic acids is 1. The molecule has 3 rings (SSSR count). The minimum absolute atomic E-state index is 0.128. The van der Waals surface area contributed by atoms with Gasteiger partial charge >= 0.3 is 0 Å². The lowest BCUT2D eigenvalue weighted by atomic mass is 10.1. The fourth-order valence-corrected chi connectivity index (χ4v) is 2.52. The Morgan fingerprint density at radius 3 is 2.81 bits per heavy atom. The summed E-state index contributed by atoms with van der Waals surface area (Å²) in [6, 6.07) is 15.5. The van der Waals surface area contributed by atoms with Gasteiger partial charge in [-0.2, -0.15) is 0 Å². The van der Waals surface area contributed by atoms with E-state index in [1.54, 1.807) is 6.08 Å². The largest absolute Gasteiger partial charge is 0.490 e. The smallest absolute Gasteiger partial charge is 0.189 e. The van der Waals surface area contributed by atoms with Crippen LogP contribution in [0.3, 0.4) is 0 Å². The average molecular weight is 276 g/mol. The predicted molar refractivity (Wildman–Crippen MR) is 84.6 cm³/mol. The van der Waals surface area contributed by atoms with Crippen molar-refractivity contribution in [3.05, 3.63) is 83.4 Å². The summed E-state index contributed by atoms with van der Waals surface area (Å²) in [7, 11) is 0. The number of carbonyl (C=O) groups is 1. The molecule has 0 aliphatic heterocycles. The molecule has 2 aromatic rings. The van der Waals surface area contributed by atoms with Gasteiger partial charge in [0.2, 0.25) is 0 Å². The van der Waals surface area contributed by atoms with E-state index < -0.39 is 0 Å². The number of ether oxygens (including phenoxy) is 1. The molecule has 0 aromatic heterocycles. The van der Waals surface area contributed by atoms with Crippen molar-refractivity contribution in [1.29, 1.82) is 0 Å². The Morgan fingerprint density at radius 1 is 1.14 bits per heavy atom. The van der Waals surface area contributed by atoms with Crippen molar-refractivity contribution in [3.63, 3.8) is 0 Å². The molecule has 0 heterocycles. The van der Waals surface area contributed by atoms with Crippen LogP contribution in [-0.2, 0) is 6.42 Å². The van der Waals surface area contributed by atoms with Crippen molar-refractivity contribution >= 4 is 11.9 Å². The molecular weight excluding hydrogens is 260 g/mol. The maximum Gasteiger partial charge on any atom is 0.189 e. The van der Waals surface area contributed by atoms with Gasteiger partial charge in [-0.15, -0.1) is 0 Å². The van der Waals surface area contributed by atoms with Gasteiger partial charge in [-0.05, 0) is 29.3 Å². The molecule has 0 fully saturated rings. The highest BCUT2D eigenvalue weighted by atomic mass is 16.5. The average Bonchev–Trinajstić information content (AvgIpc) is 2.82. The SMILES string of the molecule is C=CCOc1cccc(/C=C2\Cc3ccccc3C2=O)c1. The number of rotatable bonds is 4. The second-order valence-corrected chi connectivity index (χ2v) is 5.00. The zero-order valence-electron chi connectivity index (χ0n) is 11.7. The Kier molecular flexibility index (Phi) is 3.69. The standard InChI is InChI=1S/C19H16O2/c1-2-10-21-17-8-5-6-14(12-17)11-16-13-15-7-3-4-9-18(15)19(16)20/h2-9,11-12H,1,10,13H2/b16-11+. The van der Waals surface area contributed by atoms with Crippen LogP contribution in [0, 0.1) is 0 Å². The van der Waals surface area contributed by atoms with E-state index in [0.29, 0.717) is 13.0 Å². The molecule has 0 spiro atoms. The number of ketones is 1. The monoisotopic (exact) mass is 276 g/mol. The Bertz CT molecular complexity index is 726. The molecule has 104 valence electrons. The predicted octanol–water partition coefficient (Wildman–Crippen LogP) is 4.07. The summed E-state index contributed by atoms with van der Waals surface area (Å²) in [6.07, 6.45) is 4.36. The summed E-state index contributed by atoms with van der Waals surface area (Å²) in [5.41, 5.74) is 3.74. The van der Waals surface area contributed by atoms with E-state index in [0.717, 1.165) is 28.0 Å². The van der Waals surface area contributed by atoms with Crippen molar-refractivity contribution in [3.8, 4) is 5.75 Å². The highest BCUT2D eigenvalue weighted by Crippen LogP contribution is 2.28. The van der Waals surface area contributed by atoms with E-state index in [9.17, 15) is 4.79 Å². The molecular formula is C19H16O2. The molecule has 0 atom stereocenters. The Hall–Kier alpha value is -2.61. The van der Waals surface area contributed by atoms with Crippen molar-refractivity contribution in [2.45, 2.75) is 6.42 Å². The van der Waals surface area contributed by atoms with Crippen LogP contribution in [0.2, 0.25) is 0 Å². The number of Topliss-reactive ketones (excluding diaryl/α,β-unsaturated/α-hetero) is 1. The van der Waals surface area contributed by atoms with Gasteiger partial charge in [-0.3, -0.25) is 4.79 Å². The molecule has 1 aliphatic carbocycles. The molecule has 0 unspecified atom stereocenters. The van der Waals surface area contributed by atoms with E-state index in [-0.39, 0.29) is 5.78 Å². The Labute approximate surface area is 124 Å². The fourth-order valence-electron chi connectivity index (χ4n) is 2.52. The Morgan fingerprint density at radius 2 is 2.00 bits per heavy atom. The van der Waals surface area contributed by atoms with Crippen molar-refractivity contribution in [1.82, 2.24) is 0 Å². The number of hydrogen-bond donors (Lipinski definition) is 0. The van der Waals surface area contributed by atoms with Gasteiger partial charge in [0.25, 0.3) is 0 Å². The third-order valence-corrected chi connectivity index (χ3v) is 3.50. The topological polar surface area (TPSA) is 26.3 Å². The minimum Gasteiger partial charge on any atom is -0.490 e. The molecule has 1 aliphatic rings. The number of allylic oxidation sites excluding steroid dienone is 1.